The highest BCUT2D eigenvalue weighted by molar-refractivity contribution is 5.87. The monoisotopic (exact) mass is 663 g/mol. The lowest BCUT2D eigenvalue weighted by Gasteiger charge is -2.51. The van der Waals surface area contributed by atoms with E-state index in [1.807, 2.05) is 4.90 Å². The minimum absolute atomic E-state index is 0.177. The summed E-state index contributed by atoms with van der Waals surface area (Å²) in [5, 5.41) is 0. The van der Waals surface area contributed by atoms with Crippen LogP contribution in [0.15, 0.2) is 73.3 Å². The van der Waals surface area contributed by atoms with Gasteiger partial charge in [-0.2, -0.15) is 0 Å². The Balaban J connectivity index is 1.12. The SMILES string of the molecule is C=C(c1c(C)cc(N)cc1C)N1CCC(C)(N2CCC(N(Cc3ccccc3)c3ccc(C(C)(C)C(=O)N4CCOCC4)cc3)CC2)CC1. The van der Waals surface area contributed by atoms with Crippen molar-refractivity contribution in [2.75, 3.05) is 63.1 Å². The van der Waals surface area contributed by atoms with Crippen molar-refractivity contribution in [3.8, 4) is 0 Å². The highest BCUT2D eigenvalue weighted by Crippen LogP contribution is 2.37. The molecule has 1 amide bonds. The van der Waals surface area contributed by atoms with Crippen molar-refractivity contribution in [1.82, 2.24) is 14.7 Å². The second kappa shape index (κ2) is 14.6. The third-order valence-electron chi connectivity index (χ3n) is 11.7. The van der Waals surface area contributed by atoms with E-state index in [1.54, 1.807) is 0 Å². The molecule has 49 heavy (non-hydrogen) atoms. The molecule has 3 aliphatic heterocycles. The first kappa shape index (κ1) is 35.0. The molecular formula is C42H57N5O2. The Bertz CT molecular complexity index is 1570. The third-order valence-corrected chi connectivity index (χ3v) is 11.7. The number of morpholine rings is 1. The van der Waals surface area contributed by atoms with Crippen molar-refractivity contribution < 1.29 is 9.53 Å². The molecule has 3 aromatic carbocycles. The van der Waals surface area contributed by atoms with E-state index in [4.69, 9.17) is 10.5 Å². The Morgan fingerprint density at radius 2 is 1.49 bits per heavy atom. The number of anilines is 2. The average molecular weight is 664 g/mol. The fraction of sp³-hybridized carbons (Fsp3) is 0.500. The molecule has 3 aromatic rings. The number of aryl methyl sites for hydroxylation is 2. The van der Waals surface area contributed by atoms with E-state index in [9.17, 15) is 4.79 Å². The Hall–Kier alpha value is -3.81. The van der Waals surface area contributed by atoms with Gasteiger partial charge in [0.15, 0.2) is 0 Å². The lowest BCUT2D eigenvalue weighted by atomic mass is 9.82. The van der Waals surface area contributed by atoms with E-state index in [0.29, 0.717) is 32.3 Å². The van der Waals surface area contributed by atoms with Gasteiger partial charge in [-0.05, 0) is 107 Å². The molecule has 7 heteroatoms. The predicted octanol–water partition coefficient (Wildman–Crippen LogP) is 7.02. The summed E-state index contributed by atoms with van der Waals surface area (Å²) in [6, 6.07) is 24.2. The van der Waals surface area contributed by atoms with Gasteiger partial charge in [-0.1, -0.05) is 49.0 Å². The van der Waals surface area contributed by atoms with Gasteiger partial charge in [-0.25, -0.2) is 0 Å². The van der Waals surface area contributed by atoms with Gasteiger partial charge in [0.05, 0.1) is 18.6 Å². The molecule has 0 spiro atoms. The Kier molecular flexibility index (Phi) is 10.4. The van der Waals surface area contributed by atoms with Crippen LogP contribution in [0.3, 0.4) is 0 Å². The van der Waals surface area contributed by atoms with E-state index in [1.165, 1.54) is 27.9 Å². The van der Waals surface area contributed by atoms with Gasteiger partial charge < -0.3 is 25.2 Å². The molecule has 3 fully saturated rings. The molecule has 0 saturated carbocycles. The van der Waals surface area contributed by atoms with Crippen molar-refractivity contribution in [2.45, 2.75) is 83.8 Å². The van der Waals surface area contributed by atoms with Crippen LogP contribution in [-0.4, -0.2) is 84.7 Å². The van der Waals surface area contributed by atoms with Gasteiger partial charge >= 0.3 is 0 Å². The zero-order valence-corrected chi connectivity index (χ0v) is 30.5. The average Bonchev–Trinajstić information content (AvgIpc) is 3.11. The third kappa shape index (κ3) is 7.53. The number of nitrogens with two attached hydrogens (primary N) is 1. The summed E-state index contributed by atoms with van der Waals surface area (Å²) in [5.74, 6) is 0.177. The number of likely N-dealkylation sites (tertiary alicyclic amines) is 2. The van der Waals surface area contributed by atoms with Gasteiger partial charge in [0.1, 0.15) is 0 Å². The summed E-state index contributed by atoms with van der Waals surface area (Å²) in [6.45, 7) is 23.1. The second-order valence-corrected chi connectivity index (χ2v) is 15.4. The zero-order chi connectivity index (χ0) is 34.8. The number of carbonyl (C=O) groups excluding carboxylic acids is 1. The number of hydrogen-bond acceptors (Lipinski definition) is 6. The molecule has 3 aliphatic rings. The lowest BCUT2D eigenvalue weighted by Crippen LogP contribution is -2.57. The molecule has 6 rings (SSSR count). The first-order valence-electron chi connectivity index (χ1n) is 18.3. The first-order valence-corrected chi connectivity index (χ1v) is 18.3. The van der Waals surface area contributed by atoms with Crippen molar-refractivity contribution >= 4 is 23.0 Å². The van der Waals surface area contributed by atoms with Crippen molar-refractivity contribution in [1.29, 1.82) is 0 Å². The number of hydrogen-bond donors (Lipinski definition) is 1. The number of amides is 1. The number of nitrogens with zero attached hydrogens (tertiary/aromatic N) is 4. The molecule has 0 bridgehead atoms. The largest absolute Gasteiger partial charge is 0.399 e. The van der Waals surface area contributed by atoms with Crippen molar-refractivity contribution in [3.63, 3.8) is 0 Å². The number of carbonyl (C=O) groups is 1. The predicted molar refractivity (Wildman–Crippen MR) is 203 cm³/mol. The normalized spacial score (nSPS) is 19.1. The number of nitrogen functional groups attached to an aromatic ring is 1. The minimum atomic E-state index is -0.588. The summed E-state index contributed by atoms with van der Waals surface area (Å²) in [7, 11) is 0. The molecule has 0 atom stereocenters. The smallest absolute Gasteiger partial charge is 0.232 e. The molecule has 2 N–H and O–H groups in total. The Labute approximate surface area is 294 Å². The van der Waals surface area contributed by atoms with Crippen LogP contribution >= 0.6 is 0 Å². The van der Waals surface area contributed by atoms with E-state index in [-0.39, 0.29) is 11.4 Å². The molecule has 0 radical (unpaired) electrons. The van der Waals surface area contributed by atoms with E-state index in [2.05, 4.69) is 123 Å². The Morgan fingerprint density at radius 3 is 2.08 bits per heavy atom. The maximum atomic E-state index is 13.5. The van der Waals surface area contributed by atoms with Gasteiger partial charge in [0.25, 0.3) is 0 Å². The molecule has 3 heterocycles. The van der Waals surface area contributed by atoms with E-state index >= 15 is 0 Å². The summed E-state index contributed by atoms with van der Waals surface area (Å²) in [6.07, 6.45) is 4.53. The highest BCUT2D eigenvalue weighted by Gasteiger charge is 2.39. The van der Waals surface area contributed by atoms with Crippen LogP contribution in [0.2, 0.25) is 0 Å². The highest BCUT2D eigenvalue weighted by atomic mass is 16.5. The molecule has 0 aromatic heterocycles. The van der Waals surface area contributed by atoms with E-state index < -0.39 is 5.41 Å². The second-order valence-electron chi connectivity index (χ2n) is 15.4. The summed E-state index contributed by atoms with van der Waals surface area (Å²) >= 11 is 0. The molecule has 7 nitrogen and oxygen atoms in total. The maximum Gasteiger partial charge on any atom is 0.232 e. The van der Waals surface area contributed by atoms with Crippen molar-refractivity contribution in [3.05, 3.63) is 101 Å². The van der Waals surface area contributed by atoms with Crippen LogP contribution in [0.5, 0.6) is 0 Å². The number of ether oxygens (including phenoxy) is 1. The van der Waals surface area contributed by atoms with Crippen LogP contribution < -0.4 is 10.6 Å². The van der Waals surface area contributed by atoms with Crippen LogP contribution in [0.1, 0.15) is 74.3 Å². The number of benzene rings is 3. The summed E-state index contributed by atoms with van der Waals surface area (Å²) in [4.78, 5) is 23.3. The summed E-state index contributed by atoms with van der Waals surface area (Å²) in [5.41, 5.74) is 14.9. The first-order chi connectivity index (χ1) is 23.5. The fourth-order valence-electron chi connectivity index (χ4n) is 8.47. The van der Waals surface area contributed by atoms with Gasteiger partial charge in [0.2, 0.25) is 5.91 Å². The van der Waals surface area contributed by atoms with Crippen LogP contribution in [-0.2, 0) is 21.5 Å². The van der Waals surface area contributed by atoms with Gasteiger partial charge in [0, 0.05) is 80.0 Å². The molecule has 3 saturated heterocycles. The lowest BCUT2D eigenvalue weighted by molar-refractivity contribution is -0.140. The van der Waals surface area contributed by atoms with E-state index in [0.717, 1.165) is 75.4 Å². The number of rotatable bonds is 9. The minimum Gasteiger partial charge on any atom is -0.399 e. The fourth-order valence-corrected chi connectivity index (χ4v) is 8.47. The summed E-state index contributed by atoms with van der Waals surface area (Å²) < 4.78 is 5.49. The standard InChI is InChI=1S/C42H57N5O2/c1-31-28-36(43)29-32(2)39(31)33(3)44-22-18-42(6,19-23-44)46-20-16-38(17-21-46)47(30-34-10-8-7-9-11-34)37-14-12-35(13-15-37)41(4,5)40(48)45-24-26-49-27-25-45/h7-15,28-29,38H,3,16-27,30,43H2,1-2,4-6H3. The van der Waals surface area contributed by atoms with Crippen LogP contribution in [0.25, 0.3) is 5.70 Å². The molecule has 262 valence electrons. The number of piperidine rings is 2. The molecular weight excluding hydrogens is 606 g/mol. The topological polar surface area (TPSA) is 65.3 Å². The van der Waals surface area contributed by atoms with Crippen LogP contribution in [0, 0.1) is 13.8 Å². The molecule has 0 unspecified atom stereocenters. The van der Waals surface area contributed by atoms with Gasteiger partial charge in [-0.15, -0.1) is 0 Å². The quantitative estimate of drug-likeness (QED) is 0.249. The van der Waals surface area contributed by atoms with Crippen LogP contribution in [0.4, 0.5) is 11.4 Å². The maximum absolute atomic E-state index is 13.5. The zero-order valence-electron chi connectivity index (χ0n) is 30.5. The molecule has 0 aliphatic carbocycles. The Morgan fingerprint density at radius 1 is 0.898 bits per heavy atom. The van der Waals surface area contributed by atoms with Crippen molar-refractivity contribution in [2.24, 2.45) is 0 Å². The van der Waals surface area contributed by atoms with Gasteiger partial charge in [-0.3, -0.25) is 9.69 Å².